The van der Waals surface area contributed by atoms with E-state index in [0.717, 1.165) is 18.7 Å². The van der Waals surface area contributed by atoms with E-state index in [-0.39, 0.29) is 0 Å². The van der Waals surface area contributed by atoms with Gasteiger partial charge in [0.05, 0.1) is 0 Å². The van der Waals surface area contributed by atoms with Gasteiger partial charge in [-0.05, 0) is 18.3 Å². The molecule has 0 N–H and O–H groups in total. The van der Waals surface area contributed by atoms with E-state index in [4.69, 9.17) is 0 Å². The molecule has 0 bridgehead atoms. The molecule has 1 heterocycles. The van der Waals surface area contributed by atoms with Crippen molar-refractivity contribution in [2.45, 2.75) is 6.42 Å². The molecule has 12 heavy (non-hydrogen) atoms. The highest BCUT2D eigenvalue weighted by molar-refractivity contribution is 5.03. The normalized spacial score (nSPS) is 9.42. The van der Waals surface area contributed by atoms with Crippen LogP contribution in [0.4, 0.5) is 0 Å². The van der Waals surface area contributed by atoms with Gasteiger partial charge in [-0.2, -0.15) is 0 Å². The van der Waals surface area contributed by atoms with Crippen LogP contribution in [-0.4, -0.2) is 23.5 Å². The lowest BCUT2D eigenvalue weighted by Crippen LogP contribution is -2.14. The fraction of sp³-hybridized carbons (Fsp3) is 0.300. The quantitative estimate of drug-likeness (QED) is 0.670. The van der Waals surface area contributed by atoms with Crippen LogP contribution in [0.25, 0.3) is 0 Å². The van der Waals surface area contributed by atoms with Crippen molar-refractivity contribution in [2.75, 3.05) is 13.6 Å². The van der Waals surface area contributed by atoms with Gasteiger partial charge in [0, 0.05) is 31.9 Å². The zero-order chi connectivity index (χ0) is 8.81. The van der Waals surface area contributed by atoms with Gasteiger partial charge >= 0.3 is 0 Å². The highest BCUT2D eigenvalue weighted by Crippen LogP contribution is 1.95. The molecule has 0 saturated heterocycles. The van der Waals surface area contributed by atoms with Crippen molar-refractivity contribution in [2.24, 2.45) is 0 Å². The SMILES string of the molecule is C=CN(C)CCc1ccccn1. The van der Waals surface area contributed by atoms with E-state index in [2.05, 4.69) is 16.5 Å². The Kier molecular flexibility index (Phi) is 3.33. The fourth-order valence-electron chi connectivity index (χ4n) is 0.928. The Labute approximate surface area is 73.5 Å². The first-order chi connectivity index (χ1) is 5.83. The maximum atomic E-state index is 4.22. The third-order valence-electron chi connectivity index (χ3n) is 1.76. The van der Waals surface area contributed by atoms with Gasteiger partial charge in [-0.25, -0.2) is 0 Å². The molecule has 0 aliphatic heterocycles. The Morgan fingerprint density at radius 1 is 1.58 bits per heavy atom. The van der Waals surface area contributed by atoms with E-state index in [9.17, 15) is 0 Å². The van der Waals surface area contributed by atoms with Crippen LogP contribution in [-0.2, 0) is 6.42 Å². The minimum Gasteiger partial charge on any atom is -0.381 e. The molecule has 0 amide bonds. The first kappa shape index (κ1) is 8.78. The average molecular weight is 162 g/mol. The van der Waals surface area contributed by atoms with E-state index >= 15 is 0 Å². The van der Waals surface area contributed by atoms with E-state index in [1.807, 2.05) is 37.6 Å². The summed E-state index contributed by atoms with van der Waals surface area (Å²) in [5, 5.41) is 0. The number of hydrogen-bond donors (Lipinski definition) is 0. The first-order valence-electron chi connectivity index (χ1n) is 4.05. The Morgan fingerprint density at radius 2 is 2.42 bits per heavy atom. The molecular formula is C10H14N2. The van der Waals surface area contributed by atoms with Gasteiger partial charge < -0.3 is 4.90 Å². The molecule has 0 radical (unpaired) electrons. The van der Waals surface area contributed by atoms with Crippen LogP contribution in [0, 0.1) is 0 Å². The van der Waals surface area contributed by atoms with Crippen LogP contribution in [0.3, 0.4) is 0 Å². The second-order valence-corrected chi connectivity index (χ2v) is 2.73. The van der Waals surface area contributed by atoms with Gasteiger partial charge in [-0.1, -0.05) is 12.6 Å². The van der Waals surface area contributed by atoms with Gasteiger partial charge in [0.1, 0.15) is 0 Å². The summed E-state index contributed by atoms with van der Waals surface area (Å²) in [6.45, 7) is 4.65. The number of pyridine rings is 1. The number of likely N-dealkylation sites (N-methyl/N-ethyl adjacent to an activating group) is 1. The number of hydrogen-bond acceptors (Lipinski definition) is 2. The molecule has 0 spiro atoms. The third-order valence-corrected chi connectivity index (χ3v) is 1.76. The van der Waals surface area contributed by atoms with Crippen molar-refractivity contribution in [3.8, 4) is 0 Å². The summed E-state index contributed by atoms with van der Waals surface area (Å²) in [4.78, 5) is 6.27. The van der Waals surface area contributed by atoms with Gasteiger partial charge in [-0.15, -0.1) is 0 Å². The predicted octanol–water partition coefficient (Wildman–Crippen LogP) is 1.70. The second kappa shape index (κ2) is 4.54. The molecule has 1 aromatic rings. The minimum atomic E-state index is 0.973. The van der Waals surface area contributed by atoms with E-state index in [1.165, 1.54) is 0 Å². The zero-order valence-electron chi connectivity index (χ0n) is 7.40. The predicted molar refractivity (Wildman–Crippen MR) is 50.8 cm³/mol. The van der Waals surface area contributed by atoms with Gasteiger partial charge in [0.25, 0.3) is 0 Å². The number of rotatable bonds is 4. The average Bonchev–Trinajstić information content (AvgIpc) is 2.16. The molecular weight excluding hydrogens is 148 g/mol. The largest absolute Gasteiger partial charge is 0.381 e. The third kappa shape index (κ3) is 2.74. The summed E-state index contributed by atoms with van der Waals surface area (Å²) in [6, 6.07) is 5.98. The van der Waals surface area contributed by atoms with E-state index < -0.39 is 0 Å². The van der Waals surface area contributed by atoms with Crippen molar-refractivity contribution < 1.29 is 0 Å². The van der Waals surface area contributed by atoms with Crippen molar-refractivity contribution in [3.63, 3.8) is 0 Å². The molecule has 0 aliphatic rings. The lowest BCUT2D eigenvalue weighted by molar-refractivity contribution is 0.459. The Bertz CT molecular complexity index is 231. The van der Waals surface area contributed by atoms with Crippen LogP contribution in [0.2, 0.25) is 0 Å². The van der Waals surface area contributed by atoms with Crippen molar-refractivity contribution in [3.05, 3.63) is 42.9 Å². The lowest BCUT2D eigenvalue weighted by Gasteiger charge is -2.11. The van der Waals surface area contributed by atoms with Gasteiger partial charge in [0.2, 0.25) is 0 Å². The standard InChI is InChI=1S/C10H14N2/c1-3-12(2)9-7-10-6-4-5-8-11-10/h3-6,8H,1,7,9H2,2H3. The smallest absolute Gasteiger partial charge is 0.0421 e. The summed E-state index contributed by atoms with van der Waals surface area (Å²) < 4.78 is 0. The van der Waals surface area contributed by atoms with Crippen LogP contribution in [0.5, 0.6) is 0 Å². The monoisotopic (exact) mass is 162 g/mol. The van der Waals surface area contributed by atoms with Gasteiger partial charge in [-0.3, -0.25) is 4.98 Å². The van der Waals surface area contributed by atoms with Crippen LogP contribution in [0.15, 0.2) is 37.2 Å². The zero-order valence-corrected chi connectivity index (χ0v) is 7.40. The number of nitrogens with zero attached hydrogens (tertiary/aromatic N) is 2. The highest BCUT2D eigenvalue weighted by Gasteiger charge is 1.93. The molecule has 2 nitrogen and oxygen atoms in total. The topological polar surface area (TPSA) is 16.1 Å². The lowest BCUT2D eigenvalue weighted by atomic mass is 10.2. The molecule has 0 saturated carbocycles. The Hall–Kier alpha value is -1.31. The minimum absolute atomic E-state index is 0.973. The van der Waals surface area contributed by atoms with Crippen molar-refractivity contribution in [1.29, 1.82) is 0 Å². The molecule has 1 rings (SSSR count). The molecule has 0 aliphatic carbocycles. The Balaban J connectivity index is 2.38. The molecule has 0 aromatic carbocycles. The fourth-order valence-corrected chi connectivity index (χ4v) is 0.928. The molecule has 0 atom stereocenters. The summed E-state index contributed by atoms with van der Waals surface area (Å²) in [5.74, 6) is 0. The molecule has 0 unspecified atom stereocenters. The van der Waals surface area contributed by atoms with E-state index in [1.54, 1.807) is 0 Å². The van der Waals surface area contributed by atoms with Gasteiger partial charge in [0.15, 0.2) is 0 Å². The summed E-state index contributed by atoms with van der Waals surface area (Å²) >= 11 is 0. The van der Waals surface area contributed by atoms with Crippen molar-refractivity contribution in [1.82, 2.24) is 9.88 Å². The first-order valence-corrected chi connectivity index (χ1v) is 4.05. The summed E-state index contributed by atoms with van der Waals surface area (Å²) in [7, 11) is 2.01. The summed E-state index contributed by atoms with van der Waals surface area (Å²) in [5.41, 5.74) is 1.13. The van der Waals surface area contributed by atoms with Crippen LogP contribution in [0.1, 0.15) is 5.69 Å². The summed E-state index contributed by atoms with van der Waals surface area (Å²) in [6.07, 6.45) is 4.62. The molecule has 64 valence electrons. The molecule has 2 heteroatoms. The Morgan fingerprint density at radius 3 is 3.00 bits per heavy atom. The van der Waals surface area contributed by atoms with E-state index in [0.29, 0.717) is 0 Å². The van der Waals surface area contributed by atoms with Crippen molar-refractivity contribution >= 4 is 0 Å². The maximum absolute atomic E-state index is 4.22. The van der Waals surface area contributed by atoms with Crippen LogP contribution < -0.4 is 0 Å². The molecule has 0 fully saturated rings. The molecule has 1 aromatic heterocycles. The number of aromatic nitrogens is 1. The highest BCUT2D eigenvalue weighted by atomic mass is 15.1. The second-order valence-electron chi connectivity index (χ2n) is 2.73. The maximum Gasteiger partial charge on any atom is 0.0421 e. The van der Waals surface area contributed by atoms with Crippen LogP contribution >= 0.6 is 0 Å².